The van der Waals surface area contributed by atoms with Crippen LogP contribution < -0.4 is 5.32 Å². The minimum Gasteiger partial charge on any atom is -0.384 e. The van der Waals surface area contributed by atoms with Crippen LogP contribution >= 0.6 is 0 Å². The van der Waals surface area contributed by atoms with E-state index in [0.717, 1.165) is 12.8 Å². The molecule has 6 nitrogen and oxygen atoms in total. The van der Waals surface area contributed by atoms with Gasteiger partial charge in [-0.3, -0.25) is 9.59 Å². The Balaban J connectivity index is 1.69. The van der Waals surface area contributed by atoms with E-state index in [1.807, 2.05) is 34.8 Å². The topological polar surface area (TPSA) is 63.6 Å². The molecule has 1 N–H and O–H groups in total. The fourth-order valence-corrected chi connectivity index (χ4v) is 3.73. The first-order chi connectivity index (χ1) is 10.6. The first-order valence-corrected chi connectivity index (χ1v) is 7.75. The molecule has 2 aliphatic heterocycles. The van der Waals surface area contributed by atoms with Gasteiger partial charge in [0.2, 0.25) is 5.91 Å². The highest BCUT2D eigenvalue weighted by Gasteiger charge is 2.50. The quantitative estimate of drug-likeness (QED) is 0.891. The Morgan fingerprint density at radius 3 is 2.77 bits per heavy atom. The Bertz CT molecular complexity index is 573. The van der Waals surface area contributed by atoms with E-state index in [0.29, 0.717) is 31.9 Å². The number of piperidine rings is 1. The van der Waals surface area contributed by atoms with Crippen LogP contribution in [-0.2, 0) is 16.6 Å². The lowest BCUT2D eigenvalue weighted by molar-refractivity contribution is -0.126. The zero-order valence-electron chi connectivity index (χ0n) is 13.2. The van der Waals surface area contributed by atoms with Gasteiger partial charge in [-0.2, -0.15) is 0 Å². The van der Waals surface area contributed by atoms with Crippen LogP contribution in [0.4, 0.5) is 0 Å². The summed E-state index contributed by atoms with van der Waals surface area (Å²) in [5.74, 6) is 0.0665. The van der Waals surface area contributed by atoms with Gasteiger partial charge in [-0.05, 0) is 25.0 Å². The number of nitrogens with one attached hydrogen (secondary N) is 1. The second-order valence-electron chi connectivity index (χ2n) is 6.38. The van der Waals surface area contributed by atoms with E-state index in [2.05, 4.69) is 5.32 Å². The number of amides is 2. The Hall–Kier alpha value is -1.82. The zero-order valence-corrected chi connectivity index (χ0v) is 13.2. The Labute approximate surface area is 130 Å². The largest absolute Gasteiger partial charge is 0.384 e. The van der Waals surface area contributed by atoms with E-state index < -0.39 is 0 Å². The van der Waals surface area contributed by atoms with Gasteiger partial charge < -0.3 is 19.5 Å². The number of carbonyl (C=O) groups is 2. The number of ether oxygens (including phenoxy) is 1. The lowest BCUT2D eigenvalue weighted by atomic mass is 9.71. The number of aromatic nitrogens is 1. The highest BCUT2D eigenvalue weighted by atomic mass is 16.5. The van der Waals surface area contributed by atoms with Gasteiger partial charge in [0, 0.05) is 45.4 Å². The number of carbonyl (C=O) groups excluding carboxylic acids is 2. The fourth-order valence-electron chi connectivity index (χ4n) is 3.73. The first-order valence-electron chi connectivity index (χ1n) is 7.75. The average Bonchev–Trinajstić information content (AvgIpc) is 3.07. The molecule has 2 amide bonds. The molecule has 1 aromatic rings. The summed E-state index contributed by atoms with van der Waals surface area (Å²) in [5.41, 5.74) is 0.656. The average molecular weight is 305 g/mol. The maximum absolute atomic E-state index is 12.6. The molecule has 1 atom stereocenters. The molecule has 0 aliphatic carbocycles. The van der Waals surface area contributed by atoms with Crippen molar-refractivity contribution in [2.75, 3.05) is 33.4 Å². The molecule has 3 heterocycles. The van der Waals surface area contributed by atoms with Gasteiger partial charge in [-0.15, -0.1) is 0 Å². The van der Waals surface area contributed by atoms with Crippen LogP contribution in [0.3, 0.4) is 0 Å². The van der Waals surface area contributed by atoms with E-state index in [9.17, 15) is 9.59 Å². The molecule has 2 fully saturated rings. The molecule has 120 valence electrons. The molecule has 0 bridgehead atoms. The molecule has 3 rings (SSSR count). The number of hydrogen-bond acceptors (Lipinski definition) is 3. The zero-order chi connectivity index (χ0) is 15.7. The van der Waals surface area contributed by atoms with Crippen LogP contribution in [0.25, 0.3) is 0 Å². The van der Waals surface area contributed by atoms with E-state index in [1.165, 1.54) is 0 Å². The number of methoxy groups -OCH3 is 1. The minimum absolute atomic E-state index is 0.0575. The molecule has 1 spiro atoms. The second-order valence-corrected chi connectivity index (χ2v) is 6.38. The first kappa shape index (κ1) is 15.1. The number of hydrogen-bond donors (Lipinski definition) is 1. The van der Waals surface area contributed by atoms with Gasteiger partial charge in [-0.25, -0.2) is 0 Å². The van der Waals surface area contributed by atoms with E-state index in [4.69, 9.17) is 4.74 Å². The van der Waals surface area contributed by atoms with Crippen molar-refractivity contribution in [1.29, 1.82) is 0 Å². The summed E-state index contributed by atoms with van der Waals surface area (Å²) in [4.78, 5) is 26.5. The van der Waals surface area contributed by atoms with Gasteiger partial charge in [0.25, 0.3) is 5.91 Å². The predicted octanol–water partition coefficient (Wildman–Crippen LogP) is 0.640. The summed E-state index contributed by atoms with van der Waals surface area (Å²) < 4.78 is 7.08. The number of aryl methyl sites for hydroxylation is 1. The molecule has 0 radical (unpaired) electrons. The Morgan fingerprint density at radius 1 is 1.45 bits per heavy atom. The lowest BCUT2D eigenvalue weighted by Gasteiger charge is -2.41. The molecule has 0 unspecified atom stereocenters. The summed E-state index contributed by atoms with van der Waals surface area (Å²) in [6.07, 6.45) is 3.57. The van der Waals surface area contributed by atoms with E-state index in [-0.39, 0.29) is 23.1 Å². The highest BCUT2D eigenvalue weighted by molar-refractivity contribution is 5.93. The smallest absolute Gasteiger partial charge is 0.270 e. The van der Waals surface area contributed by atoms with Crippen molar-refractivity contribution < 1.29 is 14.3 Å². The maximum atomic E-state index is 12.6. The van der Waals surface area contributed by atoms with Gasteiger partial charge in [0.1, 0.15) is 5.69 Å². The van der Waals surface area contributed by atoms with Crippen LogP contribution in [0, 0.1) is 11.3 Å². The molecule has 0 saturated carbocycles. The summed E-state index contributed by atoms with van der Waals surface area (Å²) >= 11 is 0. The minimum atomic E-state index is -0.0928. The monoisotopic (exact) mass is 305 g/mol. The second kappa shape index (κ2) is 5.76. The maximum Gasteiger partial charge on any atom is 0.270 e. The van der Waals surface area contributed by atoms with Crippen molar-refractivity contribution >= 4 is 11.8 Å². The lowest BCUT2D eigenvalue weighted by Crippen LogP contribution is -2.47. The Morgan fingerprint density at radius 2 is 2.18 bits per heavy atom. The number of rotatable bonds is 3. The van der Waals surface area contributed by atoms with Crippen LogP contribution in [0.2, 0.25) is 0 Å². The molecular formula is C16H23N3O3. The third-order valence-electron chi connectivity index (χ3n) is 5.21. The van der Waals surface area contributed by atoms with Crippen molar-refractivity contribution in [2.45, 2.75) is 12.8 Å². The van der Waals surface area contributed by atoms with Crippen LogP contribution in [0.5, 0.6) is 0 Å². The third kappa shape index (κ3) is 2.41. The standard InChI is InChI=1S/C16H23N3O3/c1-18-7-3-4-13(18)15(21)19-8-5-16(6-9-19)11-17-14(20)12(16)10-22-2/h3-4,7,12H,5-6,8-11H2,1-2H3,(H,17,20)/t12-/m1/s1. The van der Waals surface area contributed by atoms with Crippen LogP contribution in [0.1, 0.15) is 23.3 Å². The molecule has 1 aromatic heterocycles. The van der Waals surface area contributed by atoms with Gasteiger partial charge in [0.05, 0.1) is 12.5 Å². The summed E-state index contributed by atoms with van der Waals surface area (Å²) in [7, 11) is 3.51. The normalized spacial score (nSPS) is 23.8. The summed E-state index contributed by atoms with van der Waals surface area (Å²) in [6.45, 7) is 2.54. The molecule has 2 aliphatic rings. The van der Waals surface area contributed by atoms with Crippen LogP contribution in [0.15, 0.2) is 18.3 Å². The third-order valence-corrected chi connectivity index (χ3v) is 5.21. The summed E-state index contributed by atoms with van der Waals surface area (Å²) in [6, 6.07) is 3.73. The summed E-state index contributed by atoms with van der Waals surface area (Å²) in [5, 5.41) is 2.97. The van der Waals surface area contributed by atoms with Crippen molar-refractivity contribution in [1.82, 2.24) is 14.8 Å². The fraction of sp³-hybridized carbons (Fsp3) is 0.625. The Kier molecular flexibility index (Phi) is 3.95. The van der Waals surface area contributed by atoms with Crippen LogP contribution in [-0.4, -0.2) is 54.6 Å². The molecular weight excluding hydrogens is 282 g/mol. The molecule has 0 aromatic carbocycles. The van der Waals surface area contributed by atoms with Gasteiger partial charge in [-0.1, -0.05) is 0 Å². The van der Waals surface area contributed by atoms with Gasteiger partial charge >= 0.3 is 0 Å². The van der Waals surface area contributed by atoms with Crippen molar-refractivity contribution in [2.24, 2.45) is 18.4 Å². The van der Waals surface area contributed by atoms with E-state index >= 15 is 0 Å². The van der Waals surface area contributed by atoms with Crippen molar-refractivity contribution in [3.05, 3.63) is 24.0 Å². The molecule has 6 heteroatoms. The number of nitrogens with zero attached hydrogens (tertiary/aromatic N) is 2. The molecule has 2 saturated heterocycles. The highest BCUT2D eigenvalue weighted by Crippen LogP contribution is 2.42. The van der Waals surface area contributed by atoms with Crippen molar-refractivity contribution in [3.8, 4) is 0 Å². The SMILES string of the molecule is COC[C@@H]1C(=O)NCC12CCN(C(=O)c1cccn1C)CC2. The van der Waals surface area contributed by atoms with Crippen molar-refractivity contribution in [3.63, 3.8) is 0 Å². The van der Waals surface area contributed by atoms with Gasteiger partial charge in [0.15, 0.2) is 0 Å². The molecule has 22 heavy (non-hydrogen) atoms. The number of likely N-dealkylation sites (tertiary alicyclic amines) is 1. The van der Waals surface area contributed by atoms with E-state index in [1.54, 1.807) is 7.11 Å². The predicted molar refractivity (Wildman–Crippen MR) is 81.4 cm³/mol.